The summed E-state index contributed by atoms with van der Waals surface area (Å²) in [5.74, 6) is -1.81. The number of alkyl carbamates (subject to hydrolysis) is 1. The Balaban J connectivity index is 1.70. The first-order chi connectivity index (χ1) is 14.6. The molecule has 1 aliphatic carbocycles. The van der Waals surface area contributed by atoms with Crippen LogP contribution in [0.3, 0.4) is 0 Å². The van der Waals surface area contributed by atoms with Crippen molar-refractivity contribution in [3.8, 4) is 11.1 Å². The Kier molecular flexibility index (Phi) is 6.34. The molecule has 0 radical (unpaired) electrons. The smallest absolute Gasteiger partial charge is 0.407 e. The van der Waals surface area contributed by atoms with E-state index in [1.165, 1.54) is 6.92 Å². The maximum Gasteiger partial charge on any atom is 0.407 e. The highest BCUT2D eigenvalue weighted by Gasteiger charge is 2.35. The molecule has 0 heterocycles. The van der Waals surface area contributed by atoms with Gasteiger partial charge < -0.3 is 20.5 Å². The summed E-state index contributed by atoms with van der Waals surface area (Å²) in [7, 11) is 0. The molecule has 1 aliphatic rings. The van der Waals surface area contributed by atoms with E-state index in [4.69, 9.17) is 9.84 Å². The number of fused-ring (bicyclic) bond motifs is 3. The average molecular weight is 424 g/mol. The Hall–Kier alpha value is -3.35. The number of ether oxygens (including phenoxy) is 1. The molecule has 2 aromatic carbocycles. The molecule has 7 heteroatoms. The van der Waals surface area contributed by atoms with Crippen LogP contribution in [0, 0.1) is 5.41 Å². The molecule has 0 saturated carbocycles. The van der Waals surface area contributed by atoms with Crippen LogP contribution in [0.1, 0.15) is 44.7 Å². The summed E-state index contributed by atoms with van der Waals surface area (Å²) in [4.78, 5) is 36.2. The van der Waals surface area contributed by atoms with E-state index >= 15 is 0 Å². The van der Waals surface area contributed by atoms with Crippen LogP contribution >= 0.6 is 0 Å². The van der Waals surface area contributed by atoms with Gasteiger partial charge in [0.2, 0.25) is 5.91 Å². The van der Waals surface area contributed by atoms with Gasteiger partial charge in [-0.05, 0) is 34.6 Å². The molecule has 0 fully saturated rings. The summed E-state index contributed by atoms with van der Waals surface area (Å²) in [6.07, 6.45) is -0.722. The number of carbonyl (C=O) groups excluding carboxylic acids is 2. The predicted octanol–water partition coefficient (Wildman–Crippen LogP) is 3.53. The average Bonchev–Trinajstić information content (AvgIpc) is 3.03. The minimum atomic E-state index is -1.15. The van der Waals surface area contributed by atoms with E-state index in [1.807, 2.05) is 36.4 Å². The van der Waals surface area contributed by atoms with Crippen LogP contribution in [-0.2, 0) is 14.3 Å². The molecule has 0 bridgehead atoms. The van der Waals surface area contributed by atoms with Crippen molar-refractivity contribution in [2.75, 3.05) is 6.61 Å². The predicted molar refractivity (Wildman–Crippen MR) is 117 cm³/mol. The zero-order chi connectivity index (χ0) is 22.8. The normalized spacial score (nSPS) is 14.7. The van der Waals surface area contributed by atoms with Gasteiger partial charge in [0.25, 0.3) is 0 Å². The van der Waals surface area contributed by atoms with Crippen molar-refractivity contribution in [2.45, 2.75) is 45.7 Å². The number of hydrogen-bond donors (Lipinski definition) is 3. The minimum absolute atomic E-state index is 0.0907. The number of hydrogen-bond acceptors (Lipinski definition) is 4. The van der Waals surface area contributed by atoms with Gasteiger partial charge in [-0.3, -0.25) is 9.59 Å². The highest BCUT2D eigenvalue weighted by atomic mass is 16.5. The fourth-order valence-corrected chi connectivity index (χ4v) is 3.79. The summed E-state index contributed by atoms with van der Waals surface area (Å²) in [6.45, 7) is 6.85. The fraction of sp³-hybridized carbons (Fsp3) is 0.375. The van der Waals surface area contributed by atoms with Gasteiger partial charge in [-0.25, -0.2) is 4.79 Å². The summed E-state index contributed by atoms with van der Waals surface area (Å²) in [5.41, 5.74) is 3.80. The summed E-state index contributed by atoms with van der Waals surface area (Å²) < 4.78 is 5.52. The third kappa shape index (κ3) is 4.87. The molecule has 2 amide bonds. The van der Waals surface area contributed by atoms with E-state index in [9.17, 15) is 14.4 Å². The lowest BCUT2D eigenvalue weighted by molar-refractivity contribution is -0.142. The van der Waals surface area contributed by atoms with Crippen molar-refractivity contribution in [3.63, 3.8) is 0 Å². The van der Waals surface area contributed by atoms with E-state index in [-0.39, 0.29) is 12.5 Å². The molecule has 0 spiro atoms. The minimum Gasteiger partial charge on any atom is -0.480 e. The van der Waals surface area contributed by atoms with Crippen molar-refractivity contribution in [1.82, 2.24) is 10.6 Å². The van der Waals surface area contributed by atoms with Crippen LogP contribution in [-0.4, -0.2) is 41.8 Å². The summed E-state index contributed by atoms with van der Waals surface area (Å²) in [6, 6.07) is 14.0. The van der Waals surface area contributed by atoms with Gasteiger partial charge in [0.15, 0.2) is 0 Å². The quantitative estimate of drug-likeness (QED) is 0.658. The molecule has 0 saturated heterocycles. The van der Waals surface area contributed by atoms with E-state index < -0.39 is 35.5 Å². The fourth-order valence-electron chi connectivity index (χ4n) is 3.79. The standard InChI is InChI=1S/C24H28N2O5/c1-14(22(28)29)25-21(27)20(24(2,3)4)26-23(30)31-13-19-17-11-7-5-9-15(17)16-10-6-8-12-18(16)19/h5-12,14,19-20H,13H2,1-4H3,(H,25,27)(H,26,30)(H,28,29)/t14-,20+/m1/s1. The Labute approximate surface area is 181 Å². The van der Waals surface area contributed by atoms with E-state index in [2.05, 4.69) is 22.8 Å². The van der Waals surface area contributed by atoms with Crippen LogP contribution in [0.4, 0.5) is 4.79 Å². The van der Waals surface area contributed by atoms with Crippen molar-refractivity contribution in [2.24, 2.45) is 5.41 Å². The first-order valence-corrected chi connectivity index (χ1v) is 10.2. The van der Waals surface area contributed by atoms with Crippen LogP contribution in [0.2, 0.25) is 0 Å². The molecule has 164 valence electrons. The molecule has 7 nitrogen and oxygen atoms in total. The van der Waals surface area contributed by atoms with Crippen LogP contribution in [0.25, 0.3) is 11.1 Å². The first-order valence-electron chi connectivity index (χ1n) is 10.2. The lowest BCUT2D eigenvalue weighted by Crippen LogP contribution is -2.56. The Bertz CT molecular complexity index is 950. The zero-order valence-electron chi connectivity index (χ0n) is 18.1. The van der Waals surface area contributed by atoms with Crippen LogP contribution in [0.15, 0.2) is 48.5 Å². The van der Waals surface area contributed by atoms with E-state index in [1.54, 1.807) is 20.8 Å². The number of carboxylic acid groups (broad SMARTS) is 1. The van der Waals surface area contributed by atoms with Gasteiger partial charge in [-0.1, -0.05) is 69.3 Å². The number of nitrogens with one attached hydrogen (secondary N) is 2. The Morgan fingerprint density at radius 3 is 1.97 bits per heavy atom. The number of rotatable bonds is 6. The van der Waals surface area contributed by atoms with Crippen molar-refractivity contribution >= 4 is 18.0 Å². The third-order valence-corrected chi connectivity index (χ3v) is 5.46. The van der Waals surface area contributed by atoms with Gasteiger partial charge in [0.1, 0.15) is 18.7 Å². The molecule has 2 aromatic rings. The van der Waals surface area contributed by atoms with Crippen LogP contribution < -0.4 is 10.6 Å². The number of carbonyl (C=O) groups is 3. The molecule has 0 unspecified atom stereocenters. The van der Waals surface area contributed by atoms with Gasteiger partial charge in [0, 0.05) is 5.92 Å². The second kappa shape index (κ2) is 8.79. The number of benzene rings is 2. The first kappa shape index (κ1) is 22.3. The second-order valence-corrected chi connectivity index (χ2v) is 8.84. The number of aliphatic carboxylic acids is 1. The maximum absolute atomic E-state index is 12.6. The molecule has 31 heavy (non-hydrogen) atoms. The number of carboxylic acids is 1. The monoisotopic (exact) mass is 424 g/mol. The van der Waals surface area contributed by atoms with Gasteiger partial charge >= 0.3 is 12.1 Å². The number of amides is 2. The SMILES string of the molecule is C[C@@H](NC(=O)[C@H](NC(=O)OCC1c2ccccc2-c2ccccc21)C(C)(C)C)C(=O)O. The maximum atomic E-state index is 12.6. The van der Waals surface area contributed by atoms with Gasteiger partial charge in [-0.2, -0.15) is 0 Å². The zero-order valence-corrected chi connectivity index (χ0v) is 18.1. The highest BCUT2D eigenvalue weighted by molar-refractivity contribution is 5.89. The molecular formula is C24H28N2O5. The van der Waals surface area contributed by atoms with E-state index in [0.29, 0.717) is 0 Å². The van der Waals surface area contributed by atoms with Gasteiger partial charge in [-0.15, -0.1) is 0 Å². The Morgan fingerprint density at radius 1 is 0.968 bits per heavy atom. The lowest BCUT2D eigenvalue weighted by Gasteiger charge is -2.30. The molecular weight excluding hydrogens is 396 g/mol. The third-order valence-electron chi connectivity index (χ3n) is 5.46. The Morgan fingerprint density at radius 2 is 1.48 bits per heavy atom. The summed E-state index contributed by atoms with van der Waals surface area (Å²) in [5, 5.41) is 14.0. The molecule has 3 rings (SSSR count). The highest BCUT2D eigenvalue weighted by Crippen LogP contribution is 2.44. The molecule has 3 N–H and O–H groups in total. The topological polar surface area (TPSA) is 105 Å². The van der Waals surface area contributed by atoms with Crippen molar-refractivity contribution in [3.05, 3.63) is 59.7 Å². The molecule has 2 atom stereocenters. The molecule has 0 aliphatic heterocycles. The van der Waals surface area contributed by atoms with E-state index in [0.717, 1.165) is 22.3 Å². The molecule has 0 aromatic heterocycles. The van der Waals surface area contributed by atoms with Crippen LogP contribution in [0.5, 0.6) is 0 Å². The van der Waals surface area contributed by atoms with Crippen molar-refractivity contribution < 1.29 is 24.2 Å². The largest absolute Gasteiger partial charge is 0.480 e. The lowest BCUT2D eigenvalue weighted by atomic mass is 9.86. The second-order valence-electron chi connectivity index (χ2n) is 8.84. The van der Waals surface area contributed by atoms with Gasteiger partial charge in [0.05, 0.1) is 0 Å². The summed E-state index contributed by atoms with van der Waals surface area (Å²) >= 11 is 0. The van der Waals surface area contributed by atoms with Crippen molar-refractivity contribution in [1.29, 1.82) is 0 Å².